The average molecular weight is 1040 g/mol. The number of rotatable bonds is 18. The van der Waals surface area contributed by atoms with Crippen molar-refractivity contribution >= 4 is 63.5 Å². The number of alkyl carbamates (subject to hydrolysis) is 1. The summed E-state index contributed by atoms with van der Waals surface area (Å²) in [6.45, 7) is 13.3. The molecule has 0 aromatic heterocycles. The van der Waals surface area contributed by atoms with Crippen LogP contribution in [0.4, 0.5) is 9.59 Å². The van der Waals surface area contributed by atoms with E-state index in [1.165, 1.54) is 40.6 Å². The van der Waals surface area contributed by atoms with E-state index < -0.39 is 124 Å². The van der Waals surface area contributed by atoms with Gasteiger partial charge < -0.3 is 53.6 Å². The maximum atomic E-state index is 15.7. The van der Waals surface area contributed by atoms with Crippen molar-refractivity contribution in [1.29, 1.82) is 0 Å². The molecule has 20 heteroatoms. The normalized spacial score (nSPS) is 29.8. The van der Waals surface area contributed by atoms with Gasteiger partial charge in [0, 0.05) is 50.5 Å². The van der Waals surface area contributed by atoms with E-state index in [1.54, 1.807) is 90.1 Å². The summed E-state index contributed by atoms with van der Waals surface area (Å²) in [7, 11) is 2.97. The van der Waals surface area contributed by atoms with E-state index in [0.717, 1.165) is 12.7 Å². The summed E-state index contributed by atoms with van der Waals surface area (Å²) in [5.74, 6) is -4.81. The minimum absolute atomic E-state index is 0.0814. The van der Waals surface area contributed by atoms with Gasteiger partial charge in [0.1, 0.15) is 42.2 Å². The zero-order valence-electron chi connectivity index (χ0n) is 42.9. The Morgan fingerprint density at radius 1 is 0.931 bits per heavy atom. The first-order chi connectivity index (χ1) is 34.5. The van der Waals surface area contributed by atoms with E-state index >= 15 is 9.59 Å². The largest absolute Gasteiger partial charge is 0.509 e. The molecule has 18 nitrogen and oxygen atoms in total. The molecule has 4 fully saturated rings. The molecule has 0 radical (unpaired) electrons. The third-order valence-electron chi connectivity index (χ3n) is 14.4. The second kappa shape index (κ2) is 21.7. The number of hydrogen-bond donors (Lipinski definition) is 3. The van der Waals surface area contributed by atoms with Gasteiger partial charge in [-0.25, -0.2) is 19.2 Å². The number of carbonyl (C=O) groups is 7. The highest BCUT2D eigenvalue weighted by Gasteiger charge is 2.84. The van der Waals surface area contributed by atoms with E-state index in [-0.39, 0.29) is 49.7 Å². The molecule has 1 saturated heterocycles. The van der Waals surface area contributed by atoms with Crippen molar-refractivity contribution in [3.8, 4) is 0 Å². The van der Waals surface area contributed by atoms with Crippen LogP contribution in [0.2, 0.25) is 0 Å². The maximum absolute atomic E-state index is 15.7. The zero-order chi connectivity index (χ0) is 53.1. The van der Waals surface area contributed by atoms with Gasteiger partial charge in [-0.3, -0.25) is 14.4 Å². The monoisotopic (exact) mass is 1040 g/mol. The molecule has 1 spiro atoms. The topological polar surface area (TPSA) is 238 Å². The number of ketones is 1. The fourth-order valence-corrected chi connectivity index (χ4v) is 12.9. The van der Waals surface area contributed by atoms with Crippen LogP contribution in [-0.2, 0) is 57.1 Å². The molecule has 7 rings (SSSR count). The molecule has 3 N–H and O–H groups in total. The second-order valence-corrected chi connectivity index (χ2v) is 23.1. The molecular weight excluding hydrogens is 973 g/mol. The van der Waals surface area contributed by atoms with Crippen LogP contribution in [0.1, 0.15) is 105 Å². The van der Waals surface area contributed by atoms with Crippen LogP contribution >= 0.6 is 21.6 Å². The van der Waals surface area contributed by atoms with Gasteiger partial charge in [-0.05, 0) is 81.8 Å². The Morgan fingerprint density at radius 2 is 1.61 bits per heavy atom. The van der Waals surface area contributed by atoms with Gasteiger partial charge in [0.2, 0.25) is 6.10 Å². The molecule has 0 unspecified atom stereocenters. The molecule has 5 aliphatic rings. The number of aliphatic hydroxyl groups is 1. The fraction of sp³-hybridized carbons (Fsp3) is 0.596. The van der Waals surface area contributed by atoms with Gasteiger partial charge in [-0.2, -0.15) is 0 Å². The lowest BCUT2D eigenvalue weighted by Gasteiger charge is -2.64. The highest BCUT2D eigenvalue weighted by Crippen LogP contribution is 2.74. The Hall–Kier alpha value is -5.15. The van der Waals surface area contributed by atoms with Gasteiger partial charge in [0.25, 0.3) is 0 Å². The number of esters is 4. The first kappa shape index (κ1) is 53.2. The summed E-state index contributed by atoms with van der Waals surface area (Å²) in [6, 6.07) is 14.7. The summed E-state index contributed by atoms with van der Waals surface area (Å²) in [6.07, 6.45) is -9.90. The number of Topliss-reactive ketones (excluding diaryl/α,β-unsaturated/α-hetero) is 1. The van der Waals surface area contributed by atoms with E-state index in [9.17, 15) is 29.1 Å². The predicted molar refractivity (Wildman–Crippen MR) is 263 cm³/mol. The molecule has 2 aromatic carbocycles. The molecule has 1 amide bonds. The van der Waals surface area contributed by atoms with E-state index in [2.05, 4.69) is 10.6 Å². The smallest absolute Gasteiger partial charge is 0.455 e. The lowest BCUT2D eigenvalue weighted by molar-refractivity contribution is -0.323. The van der Waals surface area contributed by atoms with Gasteiger partial charge in [-0.1, -0.05) is 90.9 Å². The lowest BCUT2D eigenvalue weighted by atomic mass is 9.48. The second-order valence-electron chi connectivity index (χ2n) is 20.4. The molecule has 72 heavy (non-hydrogen) atoms. The van der Waals surface area contributed by atoms with Crippen molar-refractivity contribution < 1.29 is 77.9 Å². The van der Waals surface area contributed by atoms with E-state index in [1.807, 2.05) is 0 Å². The van der Waals surface area contributed by atoms with Gasteiger partial charge in [-0.15, -0.1) is 0 Å². The molecule has 1 aliphatic heterocycles. The summed E-state index contributed by atoms with van der Waals surface area (Å²) >= 11 is 0. The predicted octanol–water partition coefficient (Wildman–Crippen LogP) is 6.62. The maximum Gasteiger partial charge on any atom is 0.509 e. The van der Waals surface area contributed by atoms with Crippen LogP contribution in [0.15, 0.2) is 71.8 Å². The first-order valence-electron chi connectivity index (χ1n) is 24.8. The molecule has 3 saturated carbocycles. The third kappa shape index (κ3) is 10.9. The van der Waals surface area contributed by atoms with Crippen LogP contribution < -0.4 is 10.6 Å². The molecule has 11 atom stereocenters. The van der Waals surface area contributed by atoms with Crippen molar-refractivity contribution in [2.75, 3.05) is 37.8 Å². The molecule has 1 heterocycles. The average Bonchev–Trinajstić information content (AvgIpc) is 4.05. The minimum atomic E-state index is -2.33. The number of hydrogen-bond acceptors (Lipinski definition) is 19. The minimum Gasteiger partial charge on any atom is -0.455 e. The van der Waals surface area contributed by atoms with Crippen molar-refractivity contribution in [2.24, 2.45) is 22.7 Å². The molecule has 392 valence electrons. The van der Waals surface area contributed by atoms with Crippen molar-refractivity contribution in [3.05, 3.63) is 82.9 Å². The molecule has 4 aliphatic carbocycles. The van der Waals surface area contributed by atoms with Gasteiger partial charge in [0.15, 0.2) is 17.5 Å². The van der Waals surface area contributed by atoms with Crippen LogP contribution in [0.5, 0.6) is 0 Å². The van der Waals surface area contributed by atoms with E-state index in [4.69, 9.17) is 39.3 Å². The number of fused-ring (bicyclic) bond motifs is 4. The van der Waals surface area contributed by atoms with Crippen LogP contribution in [0, 0.1) is 22.7 Å². The SMILES string of the molecule is [3H]CCNCCSSCCOC(=O)O[C@@H](C(=O)O[C@H]1C[C@@]2(O)[C@@H](OC(=O)c3ccccc3)[C@@H]3[C@]4(OC(C)=O)CO[C@@H]4C[C@@H]4C[C@@]43C(=O)[C@H](OC(C)=O)C(=C1C)C2(C)C)[C@@H](NC(=O)OC(C)(C)C)c1ccccc1. The summed E-state index contributed by atoms with van der Waals surface area (Å²) in [5.41, 5.74) is -7.33. The highest BCUT2D eigenvalue weighted by molar-refractivity contribution is 8.76. The van der Waals surface area contributed by atoms with Crippen LogP contribution in [0.3, 0.4) is 0 Å². The molecular formula is C52H66N2O16S2. The Kier molecular flexibility index (Phi) is 16.1. The molecule has 2 aromatic rings. The number of carbonyl (C=O) groups excluding carboxylic acids is 7. The lowest BCUT2D eigenvalue weighted by Crippen LogP contribution is -2.78. The van der Waals surface area contributed by atoms with Gasteiger partial charge in [0.05, 0.1) is 18.1 Å². The summed E-state index contributed by atoms with van der Waals surface area (Å²) in [4.78, 5) is 98.9. The van der Waals surface area contributed by atoms with Crippen LogP contribution in [-0.4, -0.2) is 132 Å². The summed E-state index contributed by atoms with van der Waals surface area (Å²) in [5, 5.41) is 19.8. The Bertz CT molecular complexity index is 2440. The number of ether oxygens (including phenoxy) is 8. The number of amides is 1. The number of benzene rings is 2. The van der Waals surface area contributed by atoms with Gasteiger partial charge >= 0.3 is 36.1 Å². The van der Waals surface area contributed by atoms with Crippen molar-refractivity contribution in [1.82, 2.24) is 10.6 Å². The quantitative estimate of drug-likeness (QED) is 0.0467. The Balaban J connectivity index is 1.32. The third-order valence-corrected chi connectivity index (χ3v) is 16.8. The standard InChI is InChI=1S/C52H66N2O16S2/c1-10-53-21-23-71-72-24-22-63-47(61)67-40(38(32-17-13-11-14-18-32)54-46(60)70-48(5,6)7)45(59)66-35-27-52(62)43(68-44(58)33-19-15-12-16-20-33)41-50(26-34(50)25-36-51(41,28-64-36)69-31(4)56)42(57)39(65-30(3)55)37(29(35)2)49(52,8)9/h11-20,34-36,38-41,43,53,62H,10,21-28H2,1-9H3,(H,54,60)/t34-,35+,36-,38+,39-,40-,41+,43+,50-,51+,52-/m1/s1/i1T. The van der Waals surface area contributed by atoms with Crippen molar-refractivity contribution in [3.63, 3.8) is 0 Å². The number of nitrogens with one attached hydrogen (secondary N) is 2. The highest BCUT2D eigenvalue weighted by atomic mass is 33.1. The Morgan fingerprint density at radius 3 is 2.24 bits per heavy atom. The molecule has 2 bridgehead atoms. The van der Waals surface area contributed by atoms with E-state index in [0.29, 0.717) is 24.4 Å². The fourth-order valence-electron chi connectivity index (χ4n) is 11.2. The zero-order valence-corrected chi connectivity index (χ0v) is 43.5. The first-order valence-corrected chi connectivity index (χ1v) is 26.5. The van der Waals surface area contributed by atoms with Crippen LogP contribution in [0.25, 0.3) is 0 Å². The summed E-state index contributed by atoms with van der Waals surface area (Å²) < 4.78 is 55.3. The Labute approximate surface area is 428 Å². The van der Waals surface area contributed by atoms with Crippen molar-refractivity contribution in [2.45, 2.75) is 135 Å².